The summed E-state index contributed by atoms with van der Waals surface area (Å²) in [4.78, 5) is 13.7. The van der Waals surface area contributed by atoms with Crippen molar-refractivity contribution in [3.63, 3.8) is 0 Å². The molecule has 0 spiro atoms. The Kier molecular flexibility index (Phi) is 5.67. The number of hydrogen-bond acceptors (Lipinski definition) is 4. The van der Waals surface area contributed by atoms with Crippen LogP contribution in [-0.4, -0.2) is 46.5 Å². The van der Waals surface area contributed by atoms with Gasteiger partial charge in [-0.25, -0.2) is 13.6 Å². The topological polar surface area (TPSA) is 89.7 Å². The molecule has 1 amide bonds. The van der Waals surface area contributed by atoms with E-state index in [1.165, 1.54) is 17.0 Å². The van der Waals surface area contributed by atoms with Crippen molar-refractivity contribution in [2.45, 2.75) is 18.2 Å². The van der Waals surface area contributed by atoms with Crippen molar-refractivity contribution in [2.75, 3.05) is 27.3 Å². The zero-order chi connectivity index (χ0) is 15.3. The van der Waals surface area contributed by atoms with Gasteiger partial charge >= 0.3 is 0 Å². The van der Waals surface area contributed by atoms with Crippen LogP contribution in [0.1, 0.15) is 22.3 Å². The van der Waals surface area contributed by atoms with Crippen molar-refractivity contribution in [3.8, 4) is 0 Å². The molecule has 0 aliphatic rings. The lowest BCUT2D eigenvalue weighted by molar-refractivity contribution is 0.0779. The first-order valence-corrected chi connectivity index (χ1v) is 7.69. The van der Waals surface area contributed by atoms with Gasteiger partial charge < -0.3 is 9.64 Å². The number of sulfonamides is 1. The van der Waals surface area contributed by atoms with Gasteiger partial charge in [0.1, 0.15) is 0 Å². The van der Waals surface area contributed by atoms with Crippen molar-refractivity contribution in [1.29, 1.82) is 0 Å². The molecule has 0 aliphatic heterocycles. The van der Waals surface area contributed by atoms with Crippen LogP contribution in [0.4, 0.5) is 0 Å². The molecule has 6 nitrogen and oxygen atoms in total. The lowest BCUT2D eigenvalue weighted by atomic mass is 10.1. The van der Waals surface area contributed by atoms with Gasteiger partial charge in [-0.05, 0) is 37.1 Å². The zero-order valence-electron chi connectivity index (χ0n) is 11.9. The molecule has 1 aromatic rings. The molecule has 0 aromatic heterocycles. The molecule has 0 bridgehead atoms. The van der Waals surface area contributed by atoms with E-state index in [-0.39, 0.29) is 10.8 Å². The highest BCUT2D eigenvalue weighted by Crippen LogP contribution is 2.15. The number of hydrogen-bond donors (Lipinski definition) is 1. The van der Waals surface area contributed by atoms with Gasteiger partial charge in [0.2, 0.25) is 10.0 Å². The van der Waals surface area contributed by atoms with Crippen molar-refractivity contribution >= 4 is 15.9 Å². The minimum atomic E-state index is -3.82. The minimum absolute atomic E-state index is 0.0499. The second-order valence-corrected chi connectivity index (χ2v) is 6.21. The molecule has 0 saturated carbocycles. The summed E-state index contributed by atoms with van der Waals surface area (Å²) in [6, 6.07) is 4.39. The first-order valence-electron chi connectivity index (χ1n) is 6.14. The van der Waals surface area contributed by atoms with Gasteiger partial charge in [-0.3, -0.25) is 4.79 Å². The van der Waals surface area contributed by atoms with Crippen LogP contribution in [0.25, 0.3) is 0 Å². The lowest BCUT2D eigenvalue weighted by Crippen LogP contribution is -2.28. The Bertz CT molecular complexity index is 584. The van der Waals surface area contributed by atoms with Crippen LogP contribution in [0.3, 0.4) is 0 Å². The molecule has 1 rings (SSSR count). The van der Waals surface area contributed by atoms with Crippen molar-refractivity contribution in [2.24, 2.45) is 5.14 Å². The summed E-state index contributed by atoms with van der Waals surface area (Å²) in [5.41, 5.74) is 0.985. The number of nitrogens with two attached hydrogens (primary N) is 1. The molecule has 1 aromatic carbocycles. The monoisotopic (exact) mass is 300 g/mol. The van der Waals surface area contributed by atoms with E-state index in [1.54, 1.807) is 27.1 Å². The first-order chi connectivity index (χ1) is 9.25. The van der Waals surface area contributed by atoms with Gasteiger partial charge in [0.15, 0.2) is 0 Å². The third-order valence-electron chi connectivity index (χ3n) is 2.82. The maximum atomic E-state index is 12.2. The van der Waals surface area contributed by atoms with Crippen LogP contribution >= 0.6 is 0 Å². The molecule has 2 N–H and O–H groups in total. The van der Waals surface area contributed by atoms with Crippen LogP contribution in [0, 0.1) is 6.92 Å². The largest absolute Gasteiger partial charge is 0.385 e. The Balaban J connectivity index is 2.96. The number of aryl methyl sites for hydroxylation is 1. The molecular weight excluding hydrogens is 280 g/mol. The van der Waals surface area contributed by atoms with E-state index >= 15 is 0 Å². The summed E-state index contributed by atoms with van der Waals surface area (Å²) in [6.07, 6.45) is 0.715. The third-order valence-corrected chi connectivity index (χ3v) is 3.71. The highest BCUT2D eigenvalue weighted by molar-refractivity contribution is 7.89. The highest BCUT2D eigenvalue weighted by Gasteiger charge is 2.16. The summed E-state index contributed by atoms with van der Waals surface area (Å²) < 4.78 is 27.7. The number of ether oxygens (including phenoxy) is 1. The Labute approximate surface area is 119 Å². The summed E-state index contributed by atoms with van der Waals surface area (Å²) in [6.45, 7) is 2.82. The van der Waals surface area contributed by atoms with Gasteiger partial charge in [-0.2, -0.15) is 0 Å². The van der Waals surface area contributed by atoms with Crippen LogP contribution < -0.4 is 5.14 Å². The second kappa shape index (κ2) is 6.83. The summed E-state index contributed by atoms with van der Waals surface area (Å²) in [5, 5.41) is 5.10. The molecule has 112 valence electrons. The van der Waals surface area contributed by atoms with Gasteiger partial charge in [-0.15, -0.1) is 0 Å². The van der Waals surface area contributed by atoms with Crippen molar-refractivity contribution < 1.29 is 17.9 Å². The van der Waals surface area contributed by atoms with Gasteiger partial charge in [0.05, 0.1) is 4.90 Å². The maximum absolute atomic E-state index is 12.2. The molecule has 0 heterocycles. The Morgan fingerprint density at radius 3 is 2.55 bits per heavy atom. The van der Waals surface area contributed by atoms with E-state index in [9.17, 15) is 13.2 Å². The fourth-order valence-electron chi connectivity index (χ4n) is 1.80. The molecule has 0 unspecified atom stereocenters. The molecule has 0 aliphatic carbocycles. The average Bonchev–Trinajstić information content (AvgIpc) is 2.36. The van der Waals surface area contributed by atoms with Crippen LogP contribution in [0.15, 0.2) is 23.1 Å². The van der Waals surface area contributed by atoms with E-state index in [0.29, 0.717) is 30.7 Å². The fraction of sp³-hybridized carbons (Fsp3) is 0.462. The SMILES string of the molecule is COCCCN(C)C(=O)c1cc(C)cc(S(N)(=O)=O)c1. The van der Waals surface area contributed by atoms with Gasteiger partial charge in [0.25, 0.3) is 5.91 Å². The van der Waals surface area contributed by atoms with Crippen LogP contribution in [0.2, 0.25) is 0 Å². The number of benzene rings is 1. The van der Waals surface area contributed by atoms with Crippen molar-refractivity contribution in [3.05, 3.63) is 29.3 Å². The van der Waals surface area contributed by atoms with Crippen LogP contribution in [-0.2, 0) is 14.8 Å². The second-order valence-electron chi connectivity index (χ2n) is 4.65. The molecule has 0 fully saturated rings. The van der Waals surface area contributed by atoms with Gasteiger partial charge in [0, 0.05) is 32.9 Å². The smallest absolute Gasteiger partial charge is 0.253 e. The molecule has 20 heavy (non-hydrogen) atoms. The van der Waals surface area contributed by atoms with Gasteiger partial charge in [-0.1, -0.05) is 0 Å². The number of carbonyl (C=O) groups is 1. The number of nitrogens with zero attached hydrogens (tertiary/aromatic N) is 1. The third kappa shape index (κ3) is 4.59. The number of methoxy groups -OCH3 is 1. The number of carbonyl (C=O) groups excluding carboxylic acids is 1. The molecule has 0 radical (unpaired) electrons. The number of amides is 1. The summed E-state index contributed by atoms with van der Waals surface area (Å²) in [7, 11) is -0.557. The lowest BCUT2D eigenvalue weighted by Gasteiger charge is -2.17. The zero-order valence-corrected chi connectivity index (χ0v) is 12.7. The van der Waals surface area contributed by atoms with E-state index < -0.39 is 10.0 Å². The molecule has 0 atom stereocenters. The van der Waals surface area contributed by atoms with E-state index in [2.05, 4.69) is 0 Å². The predicted octanol–water partition coefficient (Wildman–Crippen LogP) is 0.751. The summed E-state index contributed by atoms with van der Waals surface area (Å²) in [5.74, 6) is -0.241. The highest BCUT2D eigenvalue weighted by atomic mass is 32.2. The molecule has 7 heteroatoms. The summed E-state index contributed by atoms with van der Waals surface area (Å²) >= 11 is 0. The first kappa shape index (κ1) is 16.6. The van der Waals surface area contributed by atoms with E-state index in [0.717, 1.165) is 0 Å². The number of rotatable bonds is 6. The predicted molar refractivity (Wildman–Crippen MR) is 76.0 cm³/mol. The van der Waals surface area contributed by atoms with Crippen molar-refractivity contribution in [1.82, 2.24) is 4.90 Å². The average molecular weight is 300 g/mol. The molecule has 0 saturated heterocycles. The Hall–Kier alpha value is -1.44. The number of primary sulfonamides is 1. The minimum Gasteiger partial charge on any atom is -0.385 e. The normalized spacial score (nSPS) is 11.4. The fourth-order valence-corrected chi connectivity index (χ4v) is 2.45. The van der Waals surface area contributed by atoms with E-state index in [1.807, 2.05) is 0 Å². The quantitative estimate of drug-likeness (QED) is 0.785. The molecular formula is C13H20N2O4S. The Morgan fingerprint density at radius 2 is 2.00 bits per heavy atom. The van der Waals surface area contributed by atoms with Crippen LogP contribution in [0.5, 0.6) is 0 Å². The standard InChI is InChI=1S/C13H20N2O4S/c1-10-7-11(9-12(8-10)20(14,17)18)13(16)15(2)5-4-6-19-3/h7-9H,4-6H2,1-3H3,(H2,14,17,18). The Morgan fingerprint density at radius 1 is 1.35 bits per heavy atom. The maximum Gasteiger partial charge on any atom is 0.253 e. The van der Waals surface area contributed by atoms with E-state index in [4.69, 9.17) is 9.88 Å².